The van der Waals surface area contributed by atoms with Gasteiger partial charge >= 0.3 is 0 Å². The first-order valence-corrected chi connectivity index (χ1v) is 7.36. The monoisotopic (exact) mass is 247 g/mol. The Hall–Kier alpha value is -0.940. The van der Waals surface area contributed by atoms with Crippen molar-refractivity contribution in [3.05, 3.63) is 35.4 Å². The van der Waals surface area contributed by atoms with E-state index in [1.54, 1.807) is 0 Å². The second-order valence-electron chi connectivity index (χ2n) is 4.47. The van der Waals surface area contributed by atoms with Crippen LogP contribution in [0.3, 0.4) is 0 Å². The van der Waals surface area contributed by atoms with Gasteiger partial charge in [0, 0.05) is 5.75 Å². The Balaban J connectivity index is 2.46. The van der Waals surface area contributed by atoms with Crippen molar-refractivity contribution in [2.45, 2.75) is 45.4 Å². The maximum absolute atomic E-state index is 8.48. The molecule has 0 aliphatic rings. The van der Waals surface area contributed by atoms with Crippen molar-refractivity contribution in [1.82, 2.24) is 0 Å². The zero-order valence-electron chi connectivity index (χ0n) is 10.8. The van der Waals surface area contributed by atoms with Gasteiger partial charge in [-0.15, -0.1) is 0 Å². The molecule has 1 atom stereocenters. The lowest BCUT2D eigenvalue weighted by Gasteiger charge is -2.11. The minimum atomic E-state index is 0.552. The summed E-state index contributed by atoms with van der Waals surface area (Å²) in [6.07, 6.45) is 4.79. The SMILES string of the molecule is CCCCc1ccc(C(C)CCSC#N)cc1. The predicted octanol–water partition coefficient (Wildman–Crippen LogP) is 4.74. The van der Waals surface area contributed by atoms with E-state index in [1.807, 2.05) is 0 Å². The Bertz CT molecular complexity index is 350. The lowest BCUT2D eigenvalue weighted by molar-refractivity contribution is 0.739. The van der Waals surface area contributed by atoms with Crippen molar-refractivity contribution >= 4 is 11.8 Å². The summed E-state index contributed by atoms with van der Waals surface area (Å²) >= 11 is 1.35. The fourth-order valence-electron chi connectivity index (χ4n) is 1.84. The van der Waals surface area contributed by atoms with Gasteiger partial charge in [-0.05, 0) is 48.1 Å². The molecule has 0 saturated heterocycles. The number of benzene rings is 1. The first-order valence-electron chi connectivity index (χ1n) is 6.37. The normalized spacial score (nSPS) is 12.1. The molecule has 0 heterocycles. The number of nitriles is 1. The standard InChI is InChI=1S/C15H21NS/c1-3-4-5-14-6-8-15(9-7-14)13(2)10-11-17-12-16/h6-9,13H,3-5,10-11H2,1-2H3. The van der Waals surface area contributed by atoms with Gasteiger partial charge in [0.25, 0.3) is 0 Å². The second-order valence-corrected chi connectivity index (χ2v) is 5.35. The molecule has 0 saturated carbocycles. The summed E-state index contributed by atoms with van der Waals surface area (Å²) in [5.41, 5.74) is 2.83. The molecule has 92 valence electrons. The van der Waals surface area contributed by atoms with Crippen molar-refractivity contribution < 1.29 is 0 Å². The minimum Gasteiger partial charge on any atom is -0.185 e. The largest absolute Gasteiger partial charge is 0.185 e. The van der Waals surface area contributed by atoms with Gasteiger partial charge in [0.1, 0.15) is 5.40 Å². The molecule has 0 aliphatic carbocycles. The molecule has 0 bridgehead atoms. The summed E-state index contributed by atoms with van der Waals surface area (Å²) in [4.78, 5) is 0. The van der Waals surface area contributed by atoms with Crippen LogP contribution in [-0.4, -0.2) is 5.75 Å². The molecular weight excluding hydrogens is 226 g/mol. The van der Waals surface area contributed by atoms with E-state index in [2.05, 4.69) is 43.5 Å². The number of thioether (sulfide) groups is 1. The van der Waals surface area contributed by atoms with Crippen molar-refractivity contribution in [2.24, 2.45) is 0 Å². The Kier molecular flexibility index (Phi) is 6.81. The lowest BCUT2D eigenvalue weighted by Crippen LogP contribution is -1.95. The van der Waals surface area contributed by atoms with Gasteiger partial charge in [-0.2, -0.15) is 5.26 Å². The zero-order valence-corrected chi connectivity index (χ0v) is 11.6. The summed E-state index contributed by atoms with van der Waals surface area (Å²) in [5.74, 6) is 1.48. The molecule has 1 unspecified atom stereocenters. The first kappa shape index (κ1) is 14.1. The van der Waals surface area contributed by atoms with Crippen LogP contribution in [0.4, 0.5) is 0 Å². The summed E-state index contributed by atoms with van der Waals surface area (Å²) < 4.78 is 0. The van der Waals surface area contributed by atoms with Gasteiger partial charge in [0.05, 0.1) is 0 Å². The number of aryl methyl sites for hydroxylation is 1. The highest BCUT2D eigenvalue weighted by molar-refractivity contribution is 8.03. The van der Waals surface area contributed by atoms with Gasteiger partial charge in [-0.1, -0.05) is 44.5 Å². The molecule has 17 heavy (non-hydrogen) atoms. The van der Waals surface area contributed by atoms with Crippen LogP contribution in [0.2, 0.25) is 0 Å². The zero-order chi connectivity index (χ0) is 12.5. The molecular formula is C15H21NS. The molecule has 0 amide bonds. The van der Waals surface area contributed by atoms with Crippen LogP contribution in [0, 0.1) is 10.7 Å². The number of rotatable bonds is 7. The minimum absolute atomic E-state index is 0.552. The van der Waals surface area contributed by atoms with E-state index in [0.717, 1.165) is 12.2 Å². The van der Waals surface area contributed by atoms with Crippen molar-refractivity contribution in [2.75, 3.05) is 5.75 Å². The van der Waals surface area contributed by atoms with E-state index in [-0.39, 0.29) is 0 Å². The Labute approximate surface area is 109 Å². The Morgan fingerprint density at radius 2 is 2.00 bits per heavy atom. The van der Waals surface area contributed by atoms with Crippen molar-refractivity contribution in [3.63, 3.8) is 0 Å². The number of unbranched alkanes of at least 4 members (excludes halogenated alkanes) is 1. The molecule has 1 aromatic rings. The average Bonchev–Trinajstić information content (AvgIpc) is 2.37. The highest BCUT2D eigenvalue weighted by Gasteiger charge is 2.05. The van der Waals surface area contributed by atoms with E-state index < -0.39 is 0 Å². The molecule has 0 spiro atoms. The van der Waals surface area contributed by atoms with Crippen LogP contribution in [0.15, 0.2) is 24.3 Å². The molecule has 2 heteroatoms. The molecule has 1 aromatic carbocycles. The highest BCUT2D eigenvalue weighted by Crippen LogP contribution is 2.21. The van der Waals surface area contributed by atoms with Crippen LogP contribution in [0.5, 0.6) is 0 Å². The van der Waals surface area contributed by atoms with Gasteiger partial charge in [0.15, 0.2) is 0 Å². The van der Waals surface area contributed by atoms with Crippen molar-refractivity contribution in [1.29, 1.82) is 5.26 Å². The number of hydrogen-bond donors (Lipinski definition) is 0. The van der Waals surface area contributed by atoms with Gasteiger partial charge < -0.3 is 0 Å². The molecule has 1 nitrogen and oxygen atoms in total. The number of nitrogens with zero attached hydrogens (tertiary/aromatic N) is 1. The van der Waals surface area contributed by atoms with E-state index in [1.165, 1.54) is 42.2 Å². The maximum Gasteiger partial charge on any atom is 0.133 e. The summed E-state index contributed by atoms with van der Waals surface area (Å²) in [6, 6.07) is 8.98. The summed E-state index contributed by atoms with van der Waals surface area (Å²) in [5, 5.41) is 10.6. The van der Waals surface area contributed by atoms with Crippen LogP contribution >= 0.6 is 11.8 Å². The third kappa shape index (κ3) is 5.28. The third-order valence-electron chi connectivity index (χ3n) is 3.09. The van der Waals surface area contributed by atoms with Crippen molar-refractivity contribution in [3.8, 4) is 5.40 Å². The fraction of sp³-hybridized carbons (Fsp3) is 0.533. The fourth-order valence-corrected chi connectivity index (χ4v) is 2.40. The number of thiocyanates is 1. The smallest absolute Gasteiger partial charge is 0.133 e. The summed E-state index contributed by atoms with van der Waals surface area (Å²) in [7, 11) is 0. The molecule has 0 fully saturated rings. The molecule has 0 aliphatic heterocycles. The third-order valence-corrected chi connectivity index (χ3v) is 3.65. The number of hydrogen-bond acceptors (Lipinski definition) is 2. The van der Waals surface area contributed by atoms with Gasteiger partial charge in [-0.25, -0.2) is 0 Å². The molecule has 0 aromatic heterocycles. The van der Waals surface area contributed by atoms with Crippen LogP contribution in [0.1, 0.15) is 50.2 Å². The molecule has 1 rings (SSSR count). The second kappa shape index (κ2) is 8.20. The first-order chi connectivity index (χ1) is 8.27. The predicted molar refractivity (Wildman–Crippen MR) is 76.2 cm³/mol. The summed E-state index contributed by atoms with van der Waals surface area (Å²) in [6.45, 7) is 4.46. The lowest BCUT2D eigenvalue weighted by atomic mass is 9.96. The molecule has 0 N–H and O–H groups in total. The highest BCUT2D eigenvalue weighted by atomic mass is 32.2. The van der Waals surface area contributed by atoms with Crippen LogP contribution < -0.4 is 0 Å². The van der Waals surface area contributed by atoms with E-state index in [0.29, 0.717) is 5.92 Å². The van der Waals surface area contributed by atoms with E-state index in [4.69, 9.17) is 5.26 Å². The van der Waals surface area contributed by atoms with Gasteiger partial charge in [0.2, 0.25) is 0 Å². The van der Waals surface area contributed by atoms with Gasteiger partial charge in [-0.3, -0.25) is 0 Å². The average molecular weight is 247 g/mol. The Morgan fingerprint density at radius 1 is 1.29 bits per heavy atom. The quantitative estimate of drug-likeness (QED) is 0.513. The van der Waals surface area contributed by atoms with E-state index in [9.17, 15) is 0 Å². The van der Waals surface area contributed by atoms with E-state index >= 15 is 0 Å². The maximum atomic E-state index is 8.48. The topological polar surface area (TPSA) is 23.8 Å². The van der Waals surface area contributed by atoms with Crippen LogP contribution in [0.25, 0.3) is 0 Å². The Morgan fingerprint density at radius 3 is 2.59 bits per heavy atom. The molecule has 0 radical (unpaired) electrons. The van der Waals surface area contributed by atoms with Crippen LogP contribution in [-0.2, 0) is 6.42 Å².